The summed E-state index contributed by atoms with van der Waals surface area (Å²) in [6.45, 7) is 9.16. The third-order valence-corrected chi connectivity index (χ3v) is 4.71. The van der Waals surface area contributed by atoms with Crippen molar-refractivity contribution < 1.29 is 9.90 Å². The number of aliphatic hydroxyl groups excluding tert-OH is 1. The van der Waals surface area contributed by atoms with Gasteiger partial charge < -0.3 is 10.0 Å². The molecule has 1 saturated heterocycles. The Morgan fingerprint density at radius 3 is 2.78 bits per heavy atom. The van der Waals surface area contributed by atoms with E-state index in [4.69, 9.17) is 0 Å². The van der Waals surface area contributed by atoms with Crippen LogP contribution in [0.15, 0.2) is 11.3 Å². The van der Waals surface area contributed by atoms with Crippen LogP contribution in [0.3, 0.4) is 0 Å². The SMILES string of the molecule is CC1=C(O)C(C)(CCC(C)C)C2CCCN2C1=O. The van der Waals surface area contributed by atoms with Crippen molar-refractivity contribution in [2.24, 2.45) is 11.3 Å². The molecule has 1 fully saturated rings. The monoisotopic (exact) mass is 251 g/mol. The highest BCUT2D eigenvalue weighted by atomic mass is 16.3. The summed E-state index contributed by atoms with van der Waals surface area (Å²) in [6.07, 6.45) is 4.14. The molecule has 2 unspecified atom stereocenters. The number of fused-ring (bicyclic) bond motifs is 1. The zero-order valence-electron chi connectivity index (χ0n) is 12.0. The van der Waals surface area contributed by atoms with E-state index in [-0.39, 0.29) is 17.4 Å². The second kappa shape index (κ2) is 4.60. The minimum absolute atomic E-state index is 0.0389. The summed E-state index contributed by atoms with van der Waals surface area (Å²) >= 11 is 0. The van der Waals surface area contributed by atoms with Gasteiger partial charge in [-0.2, -0.15) is 0 Å². The van der Waals surface area contributed by atoms with Gasteiger partial charge in [-0.25, -0.2) is 0 Å². The fraction of sp³-hybridized carbons (Fsp3) is 0.800. The van der Waals surface area contributed by atoms with E-state index in [2.05, 4.69) is 20.8 Å². The second-order valence-corrected chi connectivity index (χ2v) is 6.48. The molecule has 0 aromatic carbocycles. The van der Waals surface area contributed by atoms with Crippen molar-refractivity contribution in [3.63, 3.8) is 0 Å². The first-order chi connectivity index (χ1) is 8.38. The van der Waals surface area contributed by atoms with Gasteiger partial charge in [0.05, 0.1) is 5.57 Å². The number of rotatable bonds is 3. The number of hydrogen-bond acceptors (Lipinski definition) is 2. The first-order valence-corrected chi connectivity index (χ1v) is 7.09. The Hall–Kier alpha value is -0.990. The highest BCUT2D eigenvalue weighted by Gasteiger charge is 2.50. The molecule has 18 heavy (non-hydrogen) atoms. The zero-order chi connectivity index (χ0) is 13.5. The van der Waals surface area contributed by atoms with Gasteiger partial charge in [0, 0.05) is 18.0 Å². The number of carbonyl (C=O) groups excluding carboxylic acids is 1. The molecule has 0 aromatic heterocycles. The van der Waals surface area contributed by atoms with Crippen molar-refractivity contribution in [2.75, 3.05) is 6.54 Å². The third kappa shape index (κ3) is 1.94. The number of nitrogens with zero attached hydrogens (tertiary/aromatic N) is 1. The van der Waals surface area contributed by atoms with Crippen LogP contribution in [0, 0.1) is 11.3 Å². The molecule has 1 amide bonds. The van der Waals surface area contributed by atoms with E-state index in [9.17, 15) is 9.90 Å². The van der Waals surface area contributed by atoms with Gasteiger partial charge in [-0.3, -0.25) is 4.79 Å². The lowest BCUT2D eigenvalue weighted by Gasteiger charge is -2.45. The molecule has 0 spiro atoms. The van der Waals surface area contributed by atoms with Gasteiger partial charge in [0.1, 0.15) is 5.76 Å². The van der Waals surface area contributed by atoms with Crippen molar-refractivity contribution in [3.05, 3.63) is 11.3 Å². The van der Waals surface area contributed by atoms with Gasteiger partial charge in [0.2, 0.25) is 0 Å². The number of hydrogen-bond donors (Lipinski definition) is 1. The highest BCUT2D eigenvalue weighted by Crippen LogP contribution is 2.47. The van der Waals surface area contributed by atoms with E-state index < -0.39 is 0 Å². The summed E-state index contributed by atoms with van der Waals surface area (Å²) in [4.78, 5) is 14.1. The molecule has 2 atom stereocenters. The summed E-state index contributed by atoms with van der Waals surface area (Å²) in [5, 5.41) is 10.5. The molecule has 2 aliphatic heterocycles. The van der Waals surface area contributed by atoms with Gasteiger partial charge in [-0.15, -0.1) is 0 Å². The molecule has 102 valence electrons. The summed E-state index contributed by atoms with van der Waals surface area (Å²) in [6, 6.07) is 0.201. The second-order valence-electron chi connectivity index (χ2n) is 6.48. The fourth-order valence-electron chi connectivity index (χ4n) is 3.45. The van der Waals surface area contributed by atoms with Crippen molar-refractivity contribution in [1.82, 2.24) is 4.90 Å². The molecule has 1 N–H and O–H groups in total. The van der Waals surface area contributed by atoms with E-state index in [0.717, 1.165) is 32.2 Å². The molecule has 2 heterocycles. The normalized spacial score (nSPS) is 32.4. The maximum Gasteiger partial charge on any atom is 0.253 e. The molecule has 2 aliphatic rings. The highest BCUT2D eigenvalue weighted by molar-refractivity contribution is 5.95. The van der Waals surface area contributed by atoms with Crippen molar-refractivity contribution in [3.8, 4) is 0 Å². The standard InChI is InChI=1S/C15H25NO2/c1-10(2)7-8-15(4)12-6-5-9-16(12)14(18)11(3)13(15)17/h10,12,17H,5-9H2,1-4H3. The maximum atomic E-state index is 12.2. The Bertz CT molecular complexity index is 386. The average molecular weight is 251 g/mol. The van der Waals surface area contributed by atoms with Crippen LogP contribution < -0.4 is 0 Å². The quantitative estimate of drug-likeness (QED) is 0.836. The van der Waals surface area contributed by atoms with Crippen LogP contribution in [0.4, 0.5) is 0 Å². The van der Waals surface area contributed by atoms with Gasteiger partial charge in [-0.1, -0.05) is 20.8 Å². The topological polar surface area (TPSA) is 40.5 Å². The minimum atomic E-state index is -0.237. The Kier molecular flexibility index (Phi) is 3.43. The zero-order valence-corrected chi connectivity index (χ0v) is 12.0. The maximum absolute atomic E-state index is 12.2. The van der Waals surface area contributed by atoms with Crippen LogP contribution in [-0.2, 0) is 4.79 Å². The smallest absolute Gasteiger partial charge is 0.253 e. The molecule has 0 saturated carbocycles. The van der Waals surface area contributed by atoms with Crippen LogP contribution in [0.5, 0.6) is 0 Å². The van der Waals surface area contributed by atoms with Crippen LogP contribution >= 0.6 is 0 Å². The molecule has 0 radical (unpaired) electrons. The van der Waals surface area contributed by atoms with Crippen molar-refractivity contribution in [1.29, 1.82) is 0 Å². The number of carbonyl (C=O) groups is 1. The lowest BCUT2D eigenvalue weighted by Crippen LogP contribution is -2.51. The van der Waals surface area contributed by atoms with Gasteiger partial charge in [0.25, 0.3) is 5.91 Å². The van der Waals surface area contributed by atoms with E-state index in [1.807, 2.05) is 4.90 Å². The average Bonchev–Trinajstić information content (AvgIpc) is 2.81. The van der Waals surface area contributed by atoms with Gasteiger partial charge in [0.15, 0.2) is 0 Å². The van der Waals surface area contributed by atoms with Crippen LogP contribution in [0.1, 0.15) is 53.4 Å². The molecular weight excluding hydrogens is 226 g/mol. The molecule has 3 nitrogen and oxygen atoms in total. The Balaban J connectivity index is 2.33. The third-order valence-electron chi connectivity index (χ3n) is 4.71. The van der Waals surface area contributed by atoms with Gasteiger partial charge >= 0.3 is 0 Å². The Labute approximate surface area is 110 Å². The summed E-state index contributed by atoms with van der Waals surface area (Å²) in [7, 11) is 0. The van der Waals surface area contributed by atoms with Crippen LogP contribution in [0.2, 0.25) is 0 Å². The Morgan fingerprint density at radius 1 is 1.50 bits per heavy atom. The van der Waals surface area contributed by atoms with Crippen LogP contribution in [0.25, 0.3) is 0 Å². The summed E-state index contributed by atoms with van der Waals surface area (Å²) in [5.74, 6) is 1.01. The fourth-order valence-corrected chi connectivity index (χ4v) is 3.45. The first kappa shape index (κ1) is 13.4. The molecule has 3 heteroatoms. The lowest BCUT2D eigenvalue weighted by atomic mass is 9.71. The predicted molar refractivity (Wildman–Crippen MR) is 72.2 cm³/mol. The summed E-state index contributed by atoms with van der Waals surface area (Å²) < 4.78 is 0. The number of amides is 1. The van der Waals surface area contributed by atoms with E-state index in [0.29, 0.717) is 17.3 Å². The van der Waals surface area contributed by atoms with Crippen LogP contribution in [-0.4, -0.2) is 28.5 Å². The minimum Gasteiger partial charge on any atom is -0.511 e. The molecule has 0 aromatic rings. The predicted octanol–water partition coefficient (Wildman–Crippen LogP) is 3.27. The Morgan fingerprint density at radius 2 is 2.17 bits per heavy atom. The van der Waals surface area contributed by atoms with Crippen molar-refractivity contribution >= 4 is 5.91 Å². The lowest BCUT2D eigenvalue weighted by molar-refractivity contribution is -0.132. The molecule has 2 rings (SSSR count). The molecular formula is C15H25NO2. The van der Waals surface area contributed by atoms with E-state index >= 15 is 0 Å². The van der Waals surface area contributed by atoms with E-state index in [1.54, 1.807) is 6.92 Å². The van der Waals surface area contributed by atoms with E-state index in [1.165, 1.54) is 0 Å². The first-order valence-electron chi connectivity index (χ1n) is 7.09. The number of aliphatic hydroxyl groups is 1. The van der Waals surface area contributed by atoms with Gasteiger partial charge in [-0.05, 0) is 38.5 Å². The largest absolute Gasteiger partial charge is 0.511 e. The molecule has 0 bridgehead atoms. The summed E-state index contributed by atoms with van der Waals surface area (Å²) in [5.41, 5.74) is 0.318. The molecule has 0 aliphatic carbocycles. The van der Waals surface area contributed by atoms with Crippen molar-refractivity contribution in [2.45, 2.75) is 59.4 Å².